The van der Waals surface area contributed by atoms with Crippen LogP contribution in [-0.4, -0.2) is 70.3 Å². The van der Waals surface area contributed by atoms with E-state index >= 15 is 0 Å². The van der Waals surface area contributed by atoms with Gasteiger partial charge in [0.05, 0.1) is 18.8 Å². The molecule has 5 atom stereocenters. The molecule has 9 heteroatoms. The van der Waals surface area contributed by atoms with E-state index in [0.717, 1.165) is 11.1 Å². The number of hydrogen-bond acceptors (Lipinski definition) is 8. The number of ether oxygens (including phenoxy) is 3. The van der Waals surface area contributed by atoms with Gasteiger partial charge in [-0.2, -0.15) is 0 Å². The lowest BCUT2D eigenvalue weighted by Crippen LogP contribution is -2.59. The van der Waals surface area contributed by atoms with Gasteiger partial charge in [-0.3, -0.25) is 0 Å². The highest BCUT2D eigenvalue weighted by Gasteiger charge is 2.43. The molecule has 4 N–H and O–H groups in total. The SMILES string of the molecule is O=C(Oc1ccc(CCO[C@@H]2O[C@H](CO)[C@@H](O)[C@H](O)[C@H]2O)cc1)c1ccc(CCl)cc1. The maximum Gasteiger partial charge on any atom is 0.343 e. The first kappa shape index (κ1) is 23.6. The zero-order valence-corrected chi connectivity index (χ0v) is 17.4. The maximum atomic E-state index is 12.2. The summed E-state index contributed by atoms with van der Waals surface area (Å²) in [5.74, 6) is 0.293. The van der Waals surface area contributed by atoms with E-state index in [4.69, 9.17) is 25.8 Å². The predicted octanol–water partition coefficient (Wildman–Crippen LogP) is 1.00. The number of halogens is 1. The third-order valence-electron chi connectivity index (χ3n) is 5.00. The summed E-state index contributed by atoms with van der Waals surface area (Å²) in [7, 11) is 0. The lowest BCUT2D eigenvalue weighted by Gasteiger charge is -2.39. The Kier molecular flexibility index (Phi) is 8.39. The van der Waals surface area contributed by atoms with Gasteiger partial charge in [0, 0.05) is 5.88 Å². The molecule has 2 aromatic carbocycles. The molecule has 1 fully saturated rings. The summed E-state index contributed by atoms with van der Waals surface area (Å²) in [6.07, 6.45) is -6.05. The Bertz CT molecular complexity index is 840. The average molecular weight is 453 g/mol. The van der Waals surface area contributed by atoms with Gasteiger partial charge in [0.2, 0.25) is 0 Å². The monoisotopic (exact) mass is 452 g/mol. The van der Waals surface area contributed by atoms with E-state index in [2.05, 4.69) is 0 Å². The van der Waals surface area contributed by atoms with Crippen LogP contribution in [0.15, 0.2) is 48.5 Å². The molecule has 0 spiro atoms. The molecule has 0 amide bonds. The van der Waals surface area contributed by atoms with Gasteiger partial charge in [0.25, 0.3) is 0 Å². The average Bonchev–Trinajstić information content (AvgIpc) is 2.80. The molecule has 0 unspecified atom stereocenters. The summed E-state index contributed by atoms with van der Waals surface area (Å²) >= 11 is 5.74. The number of aliphatic hydroxyl groups excluding tert-OH is 4. The molecule has 1 saturated heterocycles. The summed E-state index contributed by atoms with van der Waals surface area (Å²) in [6.45, 7) is -0.351. The van der Waals surface area contributed by atoms with E-state index in [-0.39, 0.29) is 6.61 Å². The van der Waals surface area contributed by atoms with Gasteiger partial charge in [0.1, 0.15) is 30.2 Å². The first-order valence-electron chi connectivity index (χ1n) is 9.81. The van der Waals surface area contributed by atoms with E-state index < -0.39 is 43.3 Å². The molecule has 2 aromatic rings. The van der Waals surface area contributed by atoms with Gasteiger partial charge in [0.15, 0.2) is 6.29 Å². The fourth-order valence-corrected chi connectivity index (χ4v) is 3.30. The zero-order chi connectivity index (χ0) is 22.4. The lowest BCUT2D eigenvalue weighted by atomic mass is 9.99. The van der Waals surface area contributed by atoms with E-state index in [1.807, 2.05) is 0 Å². The molecular weight excluding hydrogens is 428 g/mol. The van der Waals surface area contributed by atoms with Crippen molar-refractivity contribution < 1.29 is 39.4 Å². The highest BCUT2D eigenvalue weighted by molar-refractivity contribution is 6.17. The van der Waals surface area contributed by atoms with Crippen LogP contribution in [0.5, 0.6) is 5.75 Å². The number of esters is 1. The molecule has 0 radical (unpaired) electrons. The largest absolute Gasteiger partial charge is 0.423 e. The van der Waals surface area contributed by atoms with Crippen LogP contribution in [0.3, 0.4) is 0 Å². The Labute approximate surface area is 184 Å². The molecule has 3 rings (SSSR count). The Morgan fingerprint density at radius 1 is 0.935 bits per heavy atom. The van der Waals surface area contributed by atoms with Gasteiger partial charge in [-0.15, -0.1) is 11.6 Å². The second-order valence-corrected chi connectivity index (χ2v) is 7.45. The standard InChI is InChI=1S/C22H25ClO8/c23-11-14-1-5-15(6-2-14)21(28)30-16-7-3-13(4-8-16)9-10-29-22-20(27)19(26)18(25)17(12-24)31-22/h1-8,17-20,22,24-27H,9-12H2/t17-,18-,19+,20-,22-/m1/s1. The summed E-state index contributed by atoms with van der Waals surface area (Å²) in [6, 6.07) is 13.7. The van der Waals surface area contributed by atoms with Crippen molar-refractivity contribution in [3.63, 3.8) is 0 Å². The first-order valence-corrected chi connectivity index (χ1v) is 10.3. The predicted molar refractivity (Wildman–Crippen MR) is 111 cm³/mol. The number of hydrogen-bond donors (Lipinski definition) is 4. The Morgan fingerprint density at radius 2 is 1.58 bits per heavy atom. The third kappa shape index (κ3) is 6.02. The highest BCUT2D eigenvalue weighted by atomic mass is 35.5. The number of carbonyl (C=O) groups is 1. The van der Waals surface area contributed by atoms with Crippen LogP contribution >= 0.6 is 11.6 Å². The number of aliphatic hydroxyl groups is 4. The molecule has 0 bridgehead atoms. The van der Waals surface area contributed by atoms with Gasteiger partial charge in [-0.05, 0) is 41.8 Å². The van der Waals surface area contributed by atoms with Gasteiger partial charge in [-0.1, -0.05) is 24.3 Å². The molecule has 0 aromatic heterocycles. The van der Waals surface area contributed by atoms with Crippen LogP contribution in [0, 0.1) is 0 Å². The van der Waals surface area contributed by atoms with Crippen molar-refractivity contribution in [2.75, 3.05) is 13.2 Å². The quantitative estimate of drug-likeness (QED) is 0.265. The van der Waals surface area contributed by atoms with E-state index in [1.54, 1.807) is 48.5 Å². The van der Waals surface area contributed by atoms with Gasteiger partial charge in [-0.25, -0.2) is 4.79 Å². The van der Waals surface area contributed by atoms with Gasteiger partial charge >= 0.3 is 5.97 Å². The Hall–Kier alpha value is -2.04. The minimum atomic E-state index is -1.48. The Morgan fingerprint density at radius 3 is 2.19 bits per heavy atom. The third-order valence-corrected chi connectivity index (χ3v) is 5.31. The Balaban J connectivity index is 1.48. The smallest absolute Gasteiger partial charge is 0.343 e. The summed E-state index contributed by atoms with van der Waals surface area (Å²) in [4.78, 5) is 12.2. The molecule has 1 heterocycles. The van der Waals surface area contributed by atoms with E-state index in [1.165, 1.54) is 0 Å². The molecular formula is C22H25ClO8. The van der Waals surface area contributed by atoms with Crippen molar-refractivity contribution in [1.82, 2.24) is 0 Å². The van der Waals surface area contributed by atoms with Crippen LogP contribution in [0.1, 0.15) is 21.5 Å². The van der Waals surface area contributed by atoms with Gasteiger partial charge < -0.3 is 34.6 Å². The number of rotatable bonds is 8. The van der Waals surface area contributed by atoms with Crippen LogP contribution < -0.4 is 4.74 Å². The molecule has 0 saturated carbocycles. The van der Waals surface area contributed by atoms with Crippen LogP contribution in [0.25, 0.3) is 0 Å². The van der Waals surface area contributed by atoms with E-state index in [9.17, 15) is 25.2 Å². The van der Waals surface area contributed by atoms with E-state index in [0.29, 0.717) is 23.6 Å². The van der Waals surface area contributed by atoms with Crippen molar-refractivity contribution in [3.8, 4) is 5.75 Å². The van der Waals surface area contributed by atoms with Crippen LogP contribution in [0.4, 0.5) is 0 Å². The first-order chi connectivity index (χ1) is 14.9. The molecule has 1 aliphatic rings. The minimum absolute atomic E-state index is 0.161. The van der Waals surface area contributed by atoms with Crippen molar-refractivity contribution in [3.05, 3.63) is 65.2 Å². The molecule has 0 aliphatic carbocycles. The number of carbonyl (C=O) groups excluding carboxylic acids is 1. The van der Waals surface area contributed by atoms with Crippen molar-refractivity contribution in [1.29, 1.82) is 0 Å². The fraction of sp³-hybridized carbons (Fsp3) is 0.409. The van der Waals surface area contributed by atoms with Crippen molar-refractivity contribution in [2.24, 2.45) is 0 Å². The highest BCUT2D eigenvalue weighted by Crippen LogP contribution is 2.22. The number of alkyl halides is 1. The zero-order valence-electron chi connectivity index (χ0n) is 16.6. The molecule has 8 nitrogen and oxygen atoms in total. The second kappa shape index (κ2) is 11.0. The molecule has 31 heavy (non-hydrogen) atoms. The molecule has 1 aliphatic heterocycles. The van der Waals surface area contributed by atoms with Crippen LogP contribution in [-0.2, 0) is 21.8 Å². The number of benzene rings is 2. The minimum Gasteiger partial charge on any atom is -0.423 e. The summed E-state index contributed by atoms with van der Waals surface area (Å²) in [5, 5.41) is 38.7. The van der Waals surface area contributed by atoms with Crippen molar-refractivity contribution >= 4 is 17.6 Å². The second-order valence-electron chi connectivity index (χ2n) is 7.18. The van der Waals surface area contributed by atoms with Crippen LogP contribution in [0.2, 0.25) is 0 Å². The normalized spacial score (nSPS) is 25.9. The van der Waals surface area contributed by atoms with Crippen molar-refractivity contribution in [2.45, 2.75) is 43.0 Å². The summed E-state index contributed by atoms with van der Waals surface area (Å²) in [5.41, 5.74) is 2.22. The lowest BCUT2D eigenvalue weighted by molar-refractivity contribution is -0.300. The maximum absolute atomic E-state index is 12.2. The fourth-order valence-electron chi connectivity index (χ4n) is 3.12. The topological polar surface area (TPSA) is 126 Å². The molecule has 168 valence electrons. The summed E-state index contributed by atoms with van der Waals surface area (Å²) < 4.78 is 16.1.